The molecule has 1 unspecified atom stereocenters. The van der Waals surface area contributed by atoms with Crippen LogP contribution >= 0.6 is 23.7 Å². The van der Waals surface area contributed by atoms with Gasteiger partial charge in [-0.25, -0.2) is 8.42 Å². The minimum absolute atomic E-state index is 0. The summed E-state index contributed by atoms with van der Waals surface area (Å²) in [6, 6.07) is 1.73. The summed E-state index contributed by atoms with van der Waals surface area (Å²) in [4.78, 5) is 2.33. The topological polar surface area (TPSA) is 63.4 Å². The van der Waals surface area contributed by atoms with Crippen LogP contribution in [0.4, 0.5) is 0 Å². The lowest BCUT2D eigenvalue weighted by molar-refractivity contribution is 0.472. The molecule has 1 aliphatic heterocycles. The second-order valence-electron chi connectivity index (χ2n) is 4.19. The summed E-state index contributed by atoms with van der Waals surface area (Å²) in [5.41, 5.74) is 5.74. The van der Waals surface area contributed by atoms with Crippen LogP contribution in [0.25, 0.3) is 0 Å². The first-order valence-electron chi connectivity index (χ1n) is 5.24. The fourth-order valence-corrected chi connectivity index (χ4v) is 5.01. The lowest BCUT2D eigenvalue weighted by Crippen LogP contribution is -2.32. The molecule has 0 bridgehead atoms. The van der Waals surface area contributed by atoms with Crippen LogP contribution in [0.2, 0.25) is 0 Å². The van der Waals surface area contributed by atoms with Gasteiger partial charge in [-0.05, 0) is 26.3 Å². The number of nitrogens with two attached hydrogens (primary N) is 1. The molecule has 17 heavy (non-hydrogen) atoms. The first-order valence-corrected chi connectivity index (χ1v) is 7.49. The smallest absolute Gasteiger partial charge is 0.244 e. The van der Waals surface area contributed by atoms with Gasteiger partial charge in [0.25, 0.3) is 0 Å². The Morgan fingerprint density at radius 3 is 2.53 bits per heavy atom. The van der Waals surface area contributed by atoms with Crippen molar-refractivity contribution in [3.63, 3.8) is 0 Å². The SMILES string of the molecule is Cc1cc(S(=O)(=O)N2CCC(N)C2)c(C)s1.Cl. The summed E-state index contributed by atoms with van der Waals surface area (Å²) in [5.74, 6) is 0. The van der Waals surface area contributed by atoms with Gasteiger partial charge in [-0.3, -0.25) is 0 Å². The normalized spacial score (nSPS) is 21.5. The van der Waals surface area contributed by atoms with Gasteiger partial charge in [0.05, 0.1) is 4.90 Å². The number of sulfonamides is 1. The maximum absolute atomic E-state index is 12.3. The summed E-state index contributed by atoms with van der Waals surface area (Å²) in [7, 11) is -3.32. The van der Waals surface area contributed by atoms with Crippen molar-refractivity contribution in [1.82, 2.24) is 4.31 Å². The molecule has 0 saturated carbocycles. The van der Waals surface area contributed by atoms with E-state index in [-0.39, 0.29) is 18.4 Å². The molecule has 1 atom stereocenters. The quantitative estimate of drug-likeness (QED) is 0.900. The maximum Gasteiger partial charge on any atom is 0.244 e. The highest BCUT2D eigenvalue weighted by molar-refractivity contribution is 7.89. The predicted octanol–water partition coefficient (Wildman–Crippen LogP) is 1.51. The number of aryl methyl sites for hydroxylation is 2. The molecule has 0 aliphatic carbocycles. The molecule has 1 aliphatic rings. The Morgan fingerprint density at radius 1 is 1.47 bits per heavy atom. The van der Waals surface area contributed by atoms with E-state index in [2.05, 4.69) is 0 Å². The summed E-state index contributed by atoms with van der Waals surface area (Å²) in [5, 5.41) is 0. The Kier molecular flexibility index (Phi) is 4.60. The maximum atomic E-state index is 12.3. The minimum atomic E-state index is -3.32. The molecule has 1 fully saturated rings. The van der Waals surface area contributed by atoms with Gasteiger partial charge in [0.2, 0.25) is 10.0 Å². The average Bonchev–Trinajstić information content (AvgIpc) is 2.73. The van der Waals surface area contributed by atoms with Gasteiger partial charge in [0.15, 0.2) is 0 Å². The lowest BCUT2D eigenvalue weighted by Gasteiger charge is -2.15. The van der Waals surface area contributed by atoms with Crippen LogP contribution in [0.15, 0.2) is 11.0 Å². The molecular formula is C10H17ClN2O2S2. The van der Waals surface area contributed by atoms with E-state index in [0.29, 0.717) is 18.0 Å². The molecule has 2 heterocycles. The second-order valence-corrected chi connectivity index (χ2v) is 7.56. The Bertz CT molecular complexity index is 498. The van der Waals surface area contributed by atoms with E-state index in [9.17, 15) is 8.42 Å². The van der Waals surface area contributed by atoms with E-state index < -0.39 is 10.0 Å². The number of thiophene rings is 1. The molecule has 1 aromatic rings. The second kappa shape index (κ2) is 5.24. The molecule has 1 aromatic heterocycles. The summed E-state index contributed by atoms with van der Waals surface area (Å²) >= 11 is 1.52. The number of halogens is 1. The standard InChI is InChI=1S/C10H16N2O2S2.ClH/c1-7-5-10(8(2)15-7)16(13,14)12-4-3-9(11)6-12;/h5,9H,3-4,6,11H2,1-2H3;1H. The molecule has 98 valence electrons. The largest absolute Gasteiger partial charge is 0.326 e. The van der Waals surface area contributed by atoms with E-state index in [1.54, 1.807) is 6.07 Å². The Balaban J connectivity index is 0.00000144. The van der Waals surface area contributed by atoms with Crippen molar-refractivity contribution in [2.24, 2.45) is 5.73 Å². The van der Waals surface area contributed by atoms with Gasteiger partial charge in [-0.1, -0.05) is 0 Å². The Labute approximate surface area is 112 Å². The highest BCUT2D eigenvalue weighted by Gasteiger charge is 2.32. The van der Waals surface area contributed by atoms with E-state index in [1.807, 2.05) is 13.8 Å². The van der Waals surface area contributed by atoms with Crippen LogP contribution < -0.4 is 5.73 Å². The van der Waals surface area contributed by atoms with Gasteiger partial charge in [-0.15, -0.1) is 23.7 Å². The van der Waals surface area contributed by atoms with Crippen molar-refractivity contribution in [1.29, 1.82) is 0 Å². The Hall–Kier alpha value is -0.140. The summed E-state index contributed by atoms with van der Waals surface area (Å²) in [6.45, 7) is 4.75. The molecule has 1 saturated heterocycles. The predicted molar refractivity (Wildman–Crippen MR) is 72.4 cm³/mol. The molecule has 0 amide bonds. The molecule has 7 heteroatoms. The minimum Gasteiger partial charge on any atom is -0.326 e. The lowest BCUT2D eigenvalue weighted by atomic mass is 10.3. The molecule has 2 rings (SSSR count). The monoisotopic (exact) mass is 296 g/mol. The van der Waals surface area contributed by atoms with Crippen LogP contribution in [0.3, 0.4) is 0 Å². The van der Waals surface area contributed by atoms with Crippen LogP contribution in [0.5, 0.6) is 0 Å². The van der Waals surface area contributed by atoms with E-state index in [0.717, 1.165) is 16.2 Å². The number of rotatable bonds is 2. The van der Waals surface area contributed by atoms with Crippen molar-refractivity contribution in [3.8, 4) is 0 Å². The van der Waals surface area contributed by atoms with Crippen LogP contribution in [0.1, 0.15) is 16.2 Å². The number of nitrogens with zero attached hydrogens (tertiary/aromatic N) is 1. The van der Waals surface area contributed by atoms with Crippen LogP contribution in [-0.2, 0) is 10.0 Å². The van der Waals surface area contributed by atoms with Gasteiger partial charge < -0.3 is 5.73 Å². The summed E-state index contributed by atoms with van der Waals surface area (Å²) < 4.78 is 26.1. The van der Waals surface area contributed by atoms with Crippen LogP contribution in [0, 0.1) is 13.8 Å². The zero-order valence-corrected chi connectivity index (χ0v) is 12.3. The van der Waals surface area contributed by atoms with Gasteiger partial charge >= 0.3 is 0 Å². The van der Waals surface area contributed by atoms with Crippen molar-refractivity contribution in [2.75, 3.05) is 13.1 Å². The molecule has 4 nitrogen and oxygen atoms in total. The highest BCUT2D eigenvalue weighted by atomic mass is 35.5. The third-order valence-electron chi connectivity index (χ3n) is 2.80. The number of hydrogen-bond acceptors (Lipinski definition) is 4. The van der Waals surface area contributed by atoms with Crippen molar-refractivity contribution in [2.45, 2.75) is 31.2 Å². The zero-order valence-electron chi connectivity index (χ0n) is 9.84. The van der Waals surface area contributed by atoms with E-state index in [4.69, 9.17) is 5.73 Å². The summed E-state index contributed by atoms with van der Waals surface area (Å²) in [6.07, 6.45) is 0.751. The van der Waals surface area contributed by atoms with Crippen molar-refractivity contribution >= 4 is 33.8 Å². The zero-order chi connectivity index (χ0) is 11.9. The average molecular weight is 297 g/mol. The fourth-order valence-electron chi connectivity index (χ4n) is 1.97. The first-order chi connectivity index (χ1) is 7.41. The third-order valence-corrected chi connectivity index (χ3v) is 5.89. The fraction of sp³-hybridized carbons (Fsp3) is 0.600. The molecule has 0 spiro atoms. The Morgan fingerprint density at radius 2 is 2.12 bits per heavy atom. The van der Waals surface area contributed by atoms with Crippen LogP contribution in [-0.4, -0.2) is 31.9 Å². The molecule has 0 radical (unpaired) electrons. The third kappa shape index (κ3) is 2.82. The first kappa shape index (κ1) is 14.9. The van der Waals surface area contributed by atoms with Crippen molar-refractivity contribution < 1.29 is 8.42 Å². The van der Waals surface area contributed by atoms with E-state index >= 15 is 0 Å². The van der Waals surface area contributed by atoms with Crippen molar-refractivity contribution in [3.05, 3.63) is 15.8 Å². The molecular weight excluding hydrogens is 280 g/mol. The van der Waals surface area contributed by atoms with Gasteiger partial charge in [0, 0.05) is 28.9 Å². The number of hydrogen-bond donors (Lipinski definition) is 1. The molecule has 0 aromatic carbocycles. The highest BCUT2D eigenvalue weighted by Crippen LogP contribution is 2.29. The van der Waals surface area contributed by atoms with Gasteiger partial charge in [0.1, 0.15) is 0 Å². The van der Waals surface area contributed by atoms with Gasteiger partial charge in [-0.2, -0.15) is 4.31 Å². The van der Waals surface area contributed by atoms with E-state index in [1.165, 1.54) is 15.6 Å². The molecule has 2 N–H and O–H groups in total.